The molecule has 2 aliphatic carbocycles. The second-order valence-electron chi connectivity index (χ2n) is 7.76. The molecule has 1 aromatic rings. The smallest absolute Gasteiger partial charge is 0.177 e. The molecule has 4 heteroatoms. The Bertz CT molecular complexity index is 660. The van der Waals surface area contributed by atoms with Gasteiger partial charge in [0.25, 0.3) is 0 Å². The summed E-state index contributed by atoms with van der Waals surface area (Å²) >= 11 is 0. The Morgan fingerprint density at radius 1 is 1.19 bits per heavy atom. The Morgan fingerprint density at radius 2 is 1.86 bits per heavy atom. The van der Waals surface area contributed by atoms with Crippen LogP contribution < -0.4 is 5.32 Å². The van der Waals surface area contributed by atoms with E-state index in [1.807, 2.05) is 12.1 Å². The molecule has 1 aromatic carbocycles. The van der Waals surface area contributed by atoms with Crippen LogP contribution in [-0.4, -0.2) is 20.7 Å². The van der Waals surface area contributed by atoms with Crippen LogP contribution in [0.5, 0.6) is 0 Å². The lowest BCUT2D eigenvalue weighted by molar-refractivity contribution is 0.155. The van der Waals surface area contributed by atoms with E-state index in [2.05, 4.69) is 26.1 Å². The van der Waals surface area contributed by atoms with E-state index in [0.717, 1.165) is 11.6 Å². The molecular formula is C17H25NO2S. The monoisotopic (exact) mass is 307 g/mol. The van der Waals surface area contributed by atoms with Crippen molar-refractivity contribution < 1.29 is 8.42 Å². The molecular weight excluding hydrogens is 282 g/mol. The Hall–Kier alpha value is -1.03. The molecule has 2 saturated carbocycles. The lowest BCUT2D eigenvalue weighted by Crippen LogP contribution is -2.46. The van der Waals surface area contributed by atoms with Crippen molar-refractivity contribution in [1.29, 1.82) is 0 Å². The minimum absolute atomic E-state index is 0.206. The van der Waals surface area contributed by atoms with Gasteiger partial charge in [0.15, 0.2) is 9.84 Å². The average molecular weight is 307 g/mol. The van der Waals surface area contributed by atoms with Crippen molar-refractivity contribution in [1.82, 2.24) is 0 Å². The van der Waals surface area contributed by atoms with Crippen molar-refractivity contribution in [3.8, 4) is 0 Å². The van der Waals surface area contributed by atoms with Crippen molar-refractivity contribution >= 4 is 15.5 Å². The Labute approximate surface area is 128 Å². The number of rotatable bonds is 3. The quantitative estimate of drug-likeness (QED) is 0.926. The van der Waals surface area contributed by atoms with Crippen molar-refractivity contribution in [3.05, 3.63) is 24.3 Å². The first-order chi connectivity index (χ1) is 9.64. The zero-order valence-corrected chi connectivity index (χ0v) is 14.1. The second-order valence-corrected chi connectivity index (χ2v) is 9.74. The van der Waals surface area contributed by atoms with Gasteiger partial charge >= 0.3 is 0 Å². The number of nitrogens with one attached hydrogen (secondary N) is 1. The molecule has 1 N–H and O–H groups in total. The van der Waals surface area contributed by atoms with Crippen LogP contribution in [-0.2, 0) is 9.84 Å². The van der Waals surface area contributed by atoms with Crippen LogP contribution in [0, 0.1) is 16.7 Å². The maximum absolute atomic E-state index is 12.0. The average Bonchev–Trinajstić information content (AvgIpc) is 2.85. The molecule has 3 atom stereocenters. The number of fused-ring (bicyclic) bond motifs is 2. The molecule has 0 aliphatic heterocycles. The zero-order chi connectivity index (χ0) is 15.5. The first-order valence-electron chi connectivity index (χ1n) is 7.70. The Balaban J connectivity index is 1.98. The molecule has 2 fully saturated rings. The van der Waals surface area contributed by atoms with E-state index in [1.165, 1.54) is 25.5 Å². The molecule has 3 nitrogen and oxygen atoms in total. The minimum atomic E-state index is -3.21. The molecule has 2 bridgehead atoms. The highest BCUT2D eigenvalue weighted by Crippen LogP contribution is 2.63. The van der Waals surface area contributed by atoms with Crippen LogP contribution in [0.2, 0.25) is 0 Å². The highest BCUT2D eigenvalue weighted by Gasteiger charge is 2.59. The molecule has 0 radical (unpaired) electrons. The normalized spacial score (nSPS) is 34.1. The predicted octanol–water partition coefficient (Wildman–Crippen LogP) is 3.72. The van der Waals surface area contributed by atoms with Gasteiger partial charge in [-0.05, 0) is 48.1 Å². The third kappa shape index (κ3) is 2.28. The number of sulfone groups is 1. The molecule has 3 unspecified atom stereocenters. The van der Waals surface area contributed by atoms with E-state index in [-0.39, 0.29) is 10.8 Å². The van der Waals surface area contributed by atoms with Crippen LogP contribution in [0.3, 0.4) is 0 Å². The summed E-state index contributed by atoms with van der Waals surface area (Å²) in [4.78, 5) is 0.409. The molecule has 21 heavy (non-hydrogen) atoms. The topological polar surface area (TPSA) is 46.2 Å². The summed E-state index contributed by atoms with van der Waals surface area (Å²) in [6, 6.07) is 7.60. The first-order valence-corrected chi connectivity index (χ1v) is 9.59. The van der Waals surface area contributed by atoms with Gasteiger partial charge in [0.05, 0.1) is 10.6 Å². The highest BCUT2D eigenvalue weighted by atomic mass is 32.2. The summed E-state index contributed by atoms with van der Waals surface area (Å²) in [6.07, 6.45) is 5.06. The summed E-state index contributed by atoms with van der Waals surface area (Å²) in [5, 5.41) is 3.60. The van der Waals surface area contributed by atoms with Crippen LogP contribution in [0.1, 0.15) is 40.0 Å². The number of para-hydroxylation sites is 1. The molecule has 2 aliphatic rings. The minimum Gasteiger partial charge on any atom is -0.380 e. The summed E-state index contributed by atoms with van der Waals surface area (Å²) in [7, 11) is -3.21. The number of anilines is 1. The van der Waals surface area contributed by atoms with Gasteiger partial charge in [-0.3, -0.25) is 0 Å². The van der Waals surface area contributed by atoms with E-state index in [4.69, 9.17) is 0 Å². The van der Waals surface area contributed by atoms with Crippen molar-refractivity contribution in [2.24, 2.45) is 16.7 Å². The van der Waals surface area contributed by atoms with Gasteiger partial charge in [-0.25, -0.2) is 8.42 Å². The predicted molar refractivity (Wildman–Crippen MR) is 86.2 cm³/mol. The SMILES string of the molecule is CC12CCC(C1)C(C)(C)C2Nc1ccccc1S(C)(=O)=O. The summed E-state index contributed by atoms with van der Waals surface area (Å²) < 4.78 is 24.0. The molecule has 0 heterocycles. The van der Waals surface area contributed by atoms with E-state index < -0.39 is 9.84 Å². The van der Waals surface area contributed by atoms with E-state index in [9.17, 15) is 8.42 Å². The number of benzene rings is 1. The summed E-state index contributed by atoms with van der Waals surface area (Å²) in [5.74, 6) is 0.741. The molecule has 3 rings (SSSR count). The fourth-order valence-electron chi connectivity index (χ4n) is 4.73. The molecule has 0 spiro atoms. The fraction of sp³-hybridized carbons (Fsp3) is 0.647. The maximum Gasteiger partial charge on any atom is 0.177 e. The van der Waals surface area contributed by atoms with Crippen molar-refractivity contribution in [2.45, 2.75) is 51.0 Å². The Kier molecular flexibility index (Phi) is 3.18. The molecule has 0 saturated heterocycles. The first kappa shape index (κ1) is 14.9. The highest BCUT2D eigenvalue weighted by molar-refractivity contribution is 7.90. The van der Waals surface area contributed by atoms with Gasteiger partial charge in [-0.2, -0.15) is 0 Å². The molecule has 0 aromatic heterocycles. The fourth-order valence-corrected chi connectivity index (χ4v) is 5.58. The number of hydrogen-bond donors (Lipinski definition) is 1. The van der Waals surface area contributed by atoms with E-state index >= 15 is 0 Å². The van der Waals surface area contributed by atoms with Gasteiger partial charge < -0.3 is 5.32 Å². The van der Waals surface area contributed by atoms with Crippen molar-refractivity contribution in [2.75, 3.05) is 11.6 Å². The Morgan fingerprint density at radius 3 is 2.43 bits per heavy atom. The van der Waals surface area contributed by atoms with Crippen LogP contribution in [0.15, 0.2) is 29.2 Å². The third-order valence-electron chi connectivity index (χ3n) is 5.86. The number of hydrogen-bond acceptors (Lipinski definition) is 3. The van der Waals surface area contributed by atoms with Gasteiger partial charge in [0, 0.05) is 12.3 Å². The standard InChI is InChI=1S/C17H25NO2S/c1-16(2)12-9-10-17(3,11-12)15(16)18-13-7-5-6-8-14(13)21(4,19)20/h5-8,12,15,18H,9-11H2,1-4H3. The largest absolute Gasteiger partial charge is 0.380 e. The summed E-state index contributed by atoms with van der Waals surface area (Å²) in [5.41, 5.74) is 1.24. The zero-order valence-electron chi connectivity index (χ0n) is 13.3. The molecule has 116 valence electrons. The van der Waals surface area contributed by atoms with E-state index in [0.29, 0.717) is 10.9 Å². The van der Waals surface area contributed by atoms with Gasteiger partial charge in [-0.15, -0.1) is 0 Å². The van der Waals surface area contributed by atoms with Gasteiger partial charge in [0.1, 0.15) is 0 Å². The van der Waals surface area contributed by atoms with Crippen LogP contribution in [0.4, 0.5) is 5.69 Å². The maximum atomic E-state index is 12.0. The molecule has 0 amide bonds. The van der Waals surface area contributed by atoms with Gasteiger partial charge in [-0.1, -0.05) is 32.9 Å². The van der Waals surface area contributed by atoms with Crippen molar-refractivity contribution in [3.63, 3.8) is 0 Å². The second kappa shape index (κ2) is 4.48. The lowest BCUT2D eigenvalue weighted by atomic mass is 9.68. The van der Waals surface area contributed by atoms with Crippen LogP contribution in [0.25, 0.3) is 0 Å². The lowest BCUT2D eigenvalue weighted by Gasteiger charge is -2.43. The van der Waals surface area contributed by atoms with E-state index in [1.54, 1.807) is 12.1 Å². The summed E-state index contributed by atoms with van der Waals surface area (Å²) in [6.45, 7) is 6.99. The third-order valence-corrected chi connectivity index (χ3v) is 7.01. The van der Waals surface area contributed by atoms with Crippen LogP contribution >= 0.6 is 0 Å². The van der Waals surface area contributed by atoms with Gasteiger partial charge in [0.2, 0.25) is 0 Å².